The lowest BCUT2D eigenvalue weighted by atomic mass is 9.95. The van der Waals surface area contributed by atoms with Gasteiger partial charge in [-0.05, 0) is 43.4 Å². The summed E-state index contributed by atoms with van der Waals surface area (Å²) in [6.45, 7) is 2.65. The largest absolute Gasteiger partial charge is 0.466 e. The van der Waals surface area contributed by atoms with Crippen molar-refractivity contribution < 1.29 is 13.9 Å². The Labute approximate surface area is 141 Å². The summed E-state index contributed by atoms with van der Waals surface area (Å²) in [5.41, 5.74) is 2.09. The number of benzene rings is 1. The smallest absolute Gasteiger partial charge is 0.337 e. The molecular weight excluding hydrogens is 309 g/mol. The predicted octanol–water partition coefficient (Wildman–Crippen LogP) is 2.61. The van der Waals surface area contributed by atoms with Gasteiger partial charge in [-0.15, -0.1) is 0 Å². The van der Waals surface area contributed by atoms with Gasteiger partial charge in [0.25, 0.3) is 0 Å². The number of nitrogens with zero attached hydrogens (tertiary/aromatic N) is 2. The number of ether oxygens (including phenoxy) is 1. The van der Waals surface area contributed by atoms with Crippen molar-refractivity contribution in [2.45, 2.75) is 25.8 Å². The molecule has 0 spiro atoms. The zero-order valence-electron chi connectivity index (χ0n) is 14.2. The third-order valence-corrected chi connectivity index (χ3v) is 4.58. The third kappa shape index (κ3) is 3.27. The summed E-state index contributed by atoms with van der Waals surface area (Å²) in [7, 11) is 3.24. The Kier molecular flexibility index (Phi) is 4.55. The van der Waals surface area contributed by atoms with Crippen molar-refractivity contribution in [1.29, 1.82) is 0 Å². The second-order valence-corrected chi connectivity index (χ2v) is 6.29. The van der Waals surface area contributed by atoms with Gasteiger partial charge in [-0.1, -0.05) is 12.1 Å². The normalized spacial score (nSPS) is 22.6. The van der Waals surface area contributed by atoms with Crippen LogP contribution in [0.5, 0.6) is 0 Å². The van der Waals surface area contributed by atoms with E-state index in [1.165, 1.54) is 32.1 Å². The van der Waals surface area contributed by atoms with Crippen LogP contribution in [0.1, 0.15) is 31.4 Å². The lowest BCUT2D eigenvalue weighted by molar-refractivity contribution is -0.136. The van der Waals surface area contributed by atoms with Crippen molar-refractivity contribution in [1.82, 2.24) is 10.2 Å². The molecule has 0 saturated heterocycles. The number of allylic oxidation sites excluding steroid dienone is 1. The fourth-order valence-electron chi connectivity index (χ4n) is 2.79. The maximum atomic E-state index is 13.3. The van der Waals surface area contributed by atoms with E-state index in [0.29, 0.717) is 11.5 Å². The van der Waals surface area contributed by atoms with Crippen LogP contribution in [0.2, 0.25) is 0 Å². The summed E-state index contributed by atoms with van der Waals surface area (Å²) in [5.74, 6) is 0.682. The number of nitrogens with one attached hydrogen (secondary N) is 1. The molecule has 24 heavy (non-hydrogen) atoms. The van der Waals surface area contributed by atoms with E-state index >= 15 is 0 Å². The van der Waals surface area contributed by atoms with E-state index in [1.807, 2.05) is 18.9 Å². The SMILES string of the molecule is COC(=O)C1=C(C)N(C)C(=NCC2CC2)NC1c1ccc(F)cc1. The van der Waals surface area contributed by atoms with E-state index < -0.39 is 12.0 Å². The van der Waals surface area contributed by atoms with E-state index in [2.05, 4.69) is 10.3 Å². The average Bonchev–Trinajstić information content (AvgIpc) is 3.40. The number of esters is 1. The van der Waals surface area contributed by atoms with Crippen LogP contribution in [0, 0.1) is 11.7 Å². The van der Waals surface area contributed by atoms with E-state index in [4.69, 9.17) is 4.74 Å². The molecule has 1 aromatic rings. The lowest BCUT2D eigenvalue weighted by Gasteiger charge is -2.35. The minimum absolute atomic E-state index is 0.311. The molecule has 2 aliphatic rings. The lowest BCUT2D eigenvalue weighted by Crippen LogP contribution is -2.47. The number of methoxy groups -OCH3 is 1. The van der Waals surface area contributed by atoms with Gasteiger partial charge in [0.2, 0.25) is 0 Å². The summed E-state index contributed by atoms with van der Waals surface area (Å²) in [4.78, 5) is 18.8. The van der Waals surface area contributed by atoms with Gasteiger partial charge in [0.15, 0.2) is 5.96 Å². The van der Waals surface area contributed by atoms with E-state index in [9.17, 15) is 9.18 Å². The molecule has 1 aromatic carbocycles. The van der Waals surface area contributed by atoms with Crippen molar-refractivity contribution >= 4 is 11.9 Å². The number of guanidine groups is 1. The number of hydrogen-bond donors (Lipinski definition) is 1. The van der Waals surface area contributed by atoms with Crippen molar-refractivity contribution in [2.24, 2.45) is 10.9 Å². The zero-order chi connectivity index (χ0) is 17.3. The number of rotatable bonds is 4. The first-order valence-electron chi connectivity index (χ1n) is 8.10. The number of halogens is 1. The van der Waals surface area contributed by atoms with Gasteiger partial charge in [0.05, 0.1) is 18.7 Å². The Hall–Kier alpha value is -2.37. The highest BCUT2D eigenvalue weighted by Gasteiger charge is 2.34. The molecule has 1 aliphatic carbocycles. The van der Waals surface area contributed by atoms with Crippen LogP contribution in [-0.2, 0) is 9.53 Å². The molecule has 5 nitrogen and oxygen atoms in total. The summed E-state index contributed by atoms with van der Waals surface area (Å²) >= 11 is 0. The molecule has 0 aromatic heterocycles. The Balaban J connectivity index is 1.99. The van der Waals surface area contributed by atoms with Crippen LogP contribution in [0.25, 0.3) is 0 Å². The maximum absolute atomic E-state index is 13.3. The Bertz CT molecular complexity index is 693. The van der Waals surface area contributed by atoms with Gasteiger partial charge < -0.3 is 15.0 Å². The molecule has 6 heteroatoms. The van der Waals surface area contributed by atoms with Crippen molar-refractivity contribution in [2.75, 3.05) is 20.7 Å². The second-order valence-electron chi connectivity index (χ2n) is 6.29. The minimum atomic E-state index is -0.410. The molecule has 1 aliphatic heterocycles. The number of carbonyl (C=O) groups excluding carboxylic acids is 1. The van der Waals surface area contributed by atoms with Gasteiger partial charge >= 0.3 is 5.97 Å². The van der Waals surface area contributed by atoms with Gasteiger partial charge in [-0.25, -0.2) is 9.18 Å². The first-order valence-corrected chi connectivity index (χ1v) is 8.10. The molecule has 1 unspecified atom stereocenters. The van der Waals surface area contributed by atoms with Crippen molar-refractivity contribution in [3.05, 3.63) is 46.9 Å². The van der Waals surface area contributed by atoms with E-state index in [-0.39, 0.29) is 5.82 Å². The van der Waals surface area contributed by atoms with Crippen LogP contribution >= 0.6 is 0 Å². The van der Waals surface area contributed by atoms with Gasteiger partial charge in [-0.2, -0.15) is 0 Å². The van der Waals surface area contributed by atoms with Crippen LogP contribution in [0.3, 0.4) is 0 Å². The van der Waals surface area contributed by atoms with Crippen molar-refractivity contribution in [3.63, 3.8) is 0 Å². The Morgan fingerprint density at radius 1 is 1.38 bits per heavy atom. The highest BCUT2D eigenvalue weighted by molar-refractivity contribution is 5.96. The van der Waals surface area contributed by atoms with Gasteiger partial charge in [0, 0.05) is 19.3 Å². The van der Waals surface area contributed by atoms with Crippen LogP contribution in [-0.4, -0.2) is 37.5 Å². The Morgan fingerprint density at radius 3 is 2.62 bits per heavy atom. The first kappa shape index (κ1) is 16.5. The first-order chi connectivity index (χ1) is 11.5. The predicted molar refractivity (Wildman–Crippen MR) is 89.8 cm³/mol. The molecule has 128 valence electrons. The topological polar surface area (TPSA) is 53.9 Å². The molecule has 1 saturated carbocycles. The van der Waals surface area contributed by atoms with Crippen molar-refractivity contribution in [3.8, 4) is 0 Å². The van der Waals surface area contributed by atoms with E-state index in [1.54, 1.807) is 12.1 Å². The minimum Gasteiger partial charge on any atom is -0.466 e. The molecule has 3 rings (SSSR count). The molecule has 0 bridgehead atoms. The summed E-state index contributed by atoms with van der Waals surface area (Å²) in [5, 5.41) is 3.31. The molecule has 1 fully saturated rings. The molecule has 1 N–H and O–H groups in total. The molecule has 1 heterocycles. The standard InChI is InChI=1S/C18H22FN3O2/c1-11-15(17(23)24-3)16(13-6-8-14(19)9-7-13)21-18(22(11)2)20-10-12-4-5-12/h6-9,12,16H,4-5,10H2,1-3H3,(H,20,21). The number of aliphatic imine (C=N–C) groups is 1. The quantitative estimate of drug-likeness (QED) is 0.862. The summed E-state index contributed by atoms with van der Waals surface area (Å²) < 4.78 is 18.2. The van der Waals surface area contributed by atoms with E-state index in [0.717, 1.165) is 23.8 Å². The third-order valence-electron chi connectivity index (χ3n) is 4.58. The number of hydrogen-bond acceptors (Lipinski definition) is 3. The monoisotopic (exact) mass is 331 g/mol. The van der Waals surface area contributed by atoms with Gasteiger partial charge in [0.1, 0.15) is 5.82 Å². The van der Waals surface area contributed by atoms with Crippen LogP contribution < -0.4 is 5.32 Å². The van der Waals surface area contributed by atoms with Crippen LogP contribution in [0.4, 0.5) is 4.39 Å². The fraction of sp³-hybridized carbons (Fsp3) is 0.444. The van der Waals surface area contributed by atoms with Gasteiger partial charge in [-0.3, -0.25) is 4.99 Å². The number of carbonyl (C=O) groups is 1. The highest BCUT2D eigenvalue weighted by atomic mass is 19.1. The molecular formula is C18H22FN3O2. The molecule has 0 amide bonds. The van der Waals surface area contributed by atoms with Crippen LogP contribution in [0.15, 0.2) is 40.5 Å². The fourth-order valence-corrected chi connectivity index (χ4v) is 2.79. The maximum Gasteiger partial charge on any atom is 0.337 e. The molecule has 1 atom stereocenters. The summed E-state index contributed by atoms with van der Waals surface area (Å²) in [6.07, 6.45) is 2.45. The zero-order valence-corrected chi connectivity index (χ0v) is 14.2. The molecule has 0 radical (unpaired) electrons. The summed E-state index contributed by atoms with van der Waals surface area (Å²) in [6, 6.07) is 5.72. The second kappa shape index (κ2) is 6.63. The highest BCUT2D eigenvalue weighted by Crippen LogP contribution is 2.32. The Morgan fingerprint density at radius 2 is 2.04 bits per heavy atom. The average molecular weight is 331 g/mol.